The number of carbonyl (C=O) groups is 1. The molecule has 6 heteroatoms. The van der Waals surface area contributed by atoms with E-state index in [1.165, 1.54) is 7.11 Å². The van der Waals surface area contributed by atoms with Crippen molar-refractivity contribution in [3.63, 3.8) is 0 Å². The lowest BCUT2D eigenvalue weighted by atomic mass is 10.7. The monoisotopic (exact) mass is 164 g/mol. The quantitative estimate of drug-likeness (QED) is 0.326. The lowest BCUT2D eigenvalue weighted by Crippen LogP contribution is -2.20. The van der Waals surface area contributed by atoms with Crippen LogP contribution in [0.25, 0.3) is 0 Å². The molecule has 0 aromatic heterocycles. The van der Waals surface area contributed by atoms with Crippen molar-refractivity contribution in [3.05, 3.63) is 0 Å². The minimum Gasteiger partial charge on any atom is -0.400 e. The number of rotatable bonds is 2. The van der Waals surface area contributed by atoms with Gasteiger partial charge in [0.25, 0.3) is 0 Å². The zero-order chi connectivity index (χ0) is 8.10. The van der Waals surface area contributed by atoms with E-state index < -0.39 is 12.4 Å². The van der Waals surface area contributed by atoms with Gasteiger partial charge in [0.2, 0.25) is 6.29 Å². The van der Waals surface area contributed by atoms with Crippen molar-refractivity contribution < 1.29 is 28.8 Å². The van der Waals surface area contributed by atoms with Crippen LogP contribution in [0.5, 0.6) is 0 Å². The smallest absolute Gasteiger partial charge is 0.400 e. The molecule has 1 rings (SSSR count). The first-order chi connectivity index (χ1) is 5.33. The summed E-state index contributed by atoms with van der Waals surface area (Å²) in [7, 11) is 1.20. The third-order valence-corrected chi connectivity index (χ3v) is 0.970. The standard InChI is InChI=1S/C5H8O6/c1-7-11-5(6)10-4-2-8-3-9-4/h4H,2-3H2,1H3. The molecule has 11 heavy (non-hydrogen) atoms. The summed E-state index contributed by atoms with van der Waals surface area (Å²) in [6.45, 7) is 0.351. The SMILES string of the molecule is COOC(=O)OC1COCO1. The molecule has 0 bridgehead atoms. The van der Waals surface area contributed by atoms with E-state index >= 15 is 0 Å². The lowest BCUT2D eigenvalue weighted by Gasteiger charge is -2.06. The number of hydrogen-bond donors (Lipinski definition) is 0. The van der Waals surface area contributed by atoms with Crippen molar-refractivity contribution in [1.82, 2.24) is 0 Å². The van der Waals surface area contributed by atoms with Crippen LogP contribution in [0.3, 0.4) is 0 Å². The van der Waals surface area contributed by atoms with Crippen LogP contribution in [0.1, 0.15) is 0 Å². The normalized spacial score (nSPS) is 23.2. The Balaban J connectivity index is 2.13. The highest BCUT2D eigenvalue weighted by atomic mass is 17.2. The highest BCUT2D eigenvalue weighted by Crippen LogP contribution is 2.05. The minimum atomic E-state index is -0.942. The second-order valence-electron chi connectivity index (χ2n) is 1.70. The van der Waals surface area contributed by atoms with Crippen molar-refractivity contribution in [2.24, 2.45) is 0 Å². The zero-order valence-corrected chi connectivity index (χ0v) is 5.94. The van der Waals surface area contributed by atoms with Crippen LogP contribution in [0, 0.1) is 0 Å². The first-order valence-corrected chi connectivity index (χ1v) is 2.93. The van der Waals surface area contributed by atoms with Crippen LogP contribution in [0.2, 0.25) is 0 Å². The van der Waals surface area contributed by atoms with E-state index in [1.54, 1.807) is 0 Å². The molecule has 1 fully saturated rings. The predicted octanol–water partition coefficient (Wildman–Crippen LogP) is 0.0314. The van der Waals surface area contributed by atoms with Gasteiger partial charge in [-0.25, -0.2) is 4.79 Å². The van der Waals surface area contributed by atoms with Crippen molar-refractivity contribution in [2.45, 2.75) is 6.29 Å². The Labute approximate surface area is 62.9 Å². The number of ether oxygens (including phenoxy) is 3. The van der Waals surface area contributed by atoms with E-state index in [1.807, 2.05) is 0 Å². The van der Waals surface area contributed by atoms with E-state index in [0.29, 0.717) is 0 Å². The van der Waals surface area contributed by atoms with Gasteiger partial charge in [0.15, 0.2) is 6.79 Å². The topological polar surface area (TPSA) is 63.2 Å². The molecule has 64 valence electrons. The van der Waals surface area contributed by atoms with Crippen LogP contribution < -0.4 is 0 Å². The lowest BCUT2D eigenvalue weighted by molar-refractivity contribution is -0.244. The van der Waals surface area contributed by atoms with Gasteiger partial charge in [0.1, 0.15) is 6.61 Å². The van der Waals surface area contributed by atoms with Crippen LogP contribution in [0.15, 0.2) is 0 Å². The predicted molar refractivity (Wildman–Crippen MR) is 30.3 cm³/mol. The van der Waals surface area contributed by atoms with Crippen molar-refractivity contribution in [2.75, 3.05) is 20.5 Å². The van der Waals surface area contributed by atoms with Gasteiger partial charge in [0, 0.05) is 0 Å². The van der Waals surface area contributed by atoms with E-state index in [4.69, 9.17) is 9.47 Å². The van der Waals surface area contributed by atoms with Gasteiger partial charge in [-0.1, -0.05) is 0 Å². The molecule has 1 aliphatic rings. The molecule has 0 aliphatic carbocycles. The fraction of sp³-hybridized carbons (Fsp3) is 0.800. The maximum atomic E-state index is 10.5. The summed E-state index contributed by atoms with van der Waals surface area (Å²) in [4.78, 5) is 18.5. The van der Waals surface area contributed by atoms with Gasteiger partial charge in [-0.2, -0.15) is 4.89 Å². The molecule has 0 saturated carbocycles. The van der Waals surface area contributed by atoms with Crippen molar-refractivity contribution >= 4 is 6.16 Å². The summed E-state index contributed by atoms with van der Waals surface area (Å²) in [6, 6.07) is 0. The van der Waals surface area contributed by atoms with Gasteiger partial charge in [-0.3, -0.25) is 4.89 Å². The summed E-state index contributed by atoms with van der Waals surface area (Å²) in [5.74, 6) is 0. The van der Waals surface area contributed by atoms with E-state index in [-0.39, 0.29) is 13.4 Å². The Morgan fingerprint density at radius 1 is 1.64 bits per heavy atom. The number of hydrogen-bond acceptors (Lipinski definition) is 6. The second kappa shape index (κ2) is 4.12. The molecule has 0 amide bonds. The van der Waals surface area contributed by atoms with E-state index in [0.717, 1.165) is 0 Å². The van der Waals surface area contributed by atoms with Gasteiger partial charge < -0.3 is 14.2 Å². The summed E-state index contributed by atoms with van der Waals surface area (Å²) in [5.41, 5.74) is 0. The molecule has 1 unspecified atom stereocenters. The first kappa shape index (κ1) is 8.25. The summed E-state index contributed by atoms with van der Waals surface area (Å²) < 4.78 is 14.0. The Morgan fingerprint density at radius 3 is 3.00 bits per heavy atom. The molecule has 0 spiro atoms. The van der Waals surface area contributed by atoms with Crippen LogP contribution in [-0.2, 0) is 24.0 Å². The molecule has 6 nitrogen and oxygen atoms in total. The van der Waals surface area contributed by atoms with Gasteiger partial charge >= 0.3 is 6.16 Å². The van der Waals surface area contributed by atoms with E-state index in [9.17, 15) is 4.79 Å². The first-order valence-electron chi connectivity index (χ1n) is 2.93. The maximum absolute atomic E-state index is 10.5. The molecule has 0 aromatic carbocycles. The second-order valence-corrected chi connectivity index (χ2v) is 1.70. The Hall–Kier alpha value is -0.850. The molecular weight excluding hydrogens is 156 g/mol. The highest BCUT2D eigenvalue weighted by Gasteiger charge is 2.21. The fourth-order valence-corrected chi connectivity index (χ4v) is 0.580. The third-order valence-electron chi connectivity index (χ3n) is 0.970. The molecule has 0 aromatic rings. The summed E-state index contributed by atoms with van der Waals surface area (Å²) >= 11 is 0. The largest absolute Gasteiger partial charge is 0.542 e. The van der Waals surface area contributed by atoms with Crippen molar-refractivity contribution in [1.29, 1.82) is 0 Å². The Kier molecular flexibility index (Phi) is 3.09. The van der Waals surface area contributed by atoms with Crippen LogP contribution >= 0.6 is 0 Å². The minimum absolute atomic E-state index is 0.130. The van der Waals surface area contributed by atoms with Gasteiger partial charge in [-0.15, -0.1) is 0 Å². The summed E-state index contributed by atoms with van der Waals surface area (Å²) in [6.07, 6.45) is -1.62. The van der Waals surface area contributed by atoms with Crippen molar-refractivity contribution in [3.8, 4) is 0 Å². The highest BCUT2D eigenvalue weighted by molar-refractivity contribution is 5.59. The van der Waals surface area contributed by atoms with Gasteiger partial charge in [-0.05, 0) is 0 Å². The molecule has 0 radical (unpaired) electrons. The number of carbonyl (C=O) groups excluding carboxylic acids is 1. The Morgan fingerprint density at radius 2 is 2.45 bits per heavy atom. The average molecular weight is 164 g/mol. The van der Waals surface area contributed by atoms with Crippen LogP contribution in [-0.4, -0.2) is 33.0 Å². The average Bonchev–Trinajstić information content (AvgIpc) is 2.40. The molecule has 1 aliphatic heterocycles. The molecule has 1 atom stereocenters. The zero-order valence-electron chi connectivity index (χ0n) is 5.94. The fourth-order valence-electron chi connectivity index (χ4n) is 0.580. The molecule has 0 N–H and O–H groups in total. The van der Waals surface area contributed by atoms with E-state index in [2.05, 4.69) is 14.5 Å². The van der Waals surface area contributed by atoms with Gasteiger partial charge in [0.05, 0.1) is 7.11 Å². The summed E-state index contributed by atoms with van der Waals surface area (Å²) in [5, 5.41) is 0. The molecule has 1 saturated heterocycles. The molecular formula is C5H8O6. The molecule has 1 heterocycles. The third kappa shape index (κ3) is 2.71. The maximum Gasteiger partial charge on any atom is 0.542 e. The Bertz CT molecular complexity index is 129. The van der Waals surface area contributed by atoms with Crippen LogP contribution in [0.4, 0.5) is 4.79 Å².